The summed E-state index contributed by atoms with van der Waals surface area (Å²) in [5, 5.41) is 0. The monoisotopic (exact) mass is 229 g/mol. The lowest BCUT2D eigenvalue weighted by Crippen LogP contribution is -2.39. The van der Waals surface area contributed by atoms with E-state index in [0.29, 0.717) is 0 Å². The summed E-state index contributed by atoms with van der Waals surface area (Å²) in [5.74, 6) is 0.981. The number of allylic oxidation sites excluding steroid dienone is 1. The van der Waals surface area contributed by atoms with Crippen LogP contribution in [-0.2, 0) is 4.74 Å². The number of nitrogens with zero attached hydrogens (tertiary/aromatic N) is 1. The largest absolute Gasteiger partial charge is 0.467 e. The normalized spacial score (nSPS) is 21.8. The van der Waals surface area contributed by atoms with Gasteiger partial charge in [-0.15, -0.1) is 5.73 Å². The van der Waals surface area contributed by atoms with Crippen LogP contribution in [0.2, 0.25) is 0 Å². The second-order valence-electron chi connectivity index (χ2n) is 4.19. The number of furan rings is 1. The molecule has 1 saturated heterocycles. The molecule has 1 aliphatic heterocycles. The highest BCUT2D eigenvalue weighted by Crippen LogP contribution is 2.31. The Morgan fingerprint density at radius 3 is 2.82 bits per heavy atom. The Morgan fingerprint density at radius 2 is 2.18 bits per heavy atom. The van der Waals surface area contributed by atoms with Gasteiger partial charge >= 0.3 is 0 Å². The molecule has 3 rings (SSSR count). The van der Waals surface area contributed by atoms with Crippen molar-refractivity contribution in [1.82, 2.24) is 4.90 Å². The van der Waals surface area contributed by atoms with E-state index in [1.807, 2.05) is 24.3 Å². The number of hydrogen-bond donors (Lipinski definition) is 0. The van der Waals surface area contributed by atoms with Gasteiger partial charge in [0.05, 0.1) is 19.5 Å². The van der Waals surface area contributed by atoms with Crippen molar-refractivity contribution >= 4 is 0 Å². The highest BCUT2D eigenvalue weighted by atomic mass is 16.5. The molecule has 1 unspecified atom stereocenters. The molecule has 0 spiro atoms. The molecule has 0 bridgehead atoms. The van der Waals surface area contributed by atoms with Crippen LogP contribution >= 0.6 is 0 Å². The minimum Gasteiger partial charge on any atom is -0.467 e. The maximum absolute atomic E-state index is 5.57. The second kappa shape index (κ2) is 4.76. The van der Waals surface area contributed by atoms with Gasteiger partial charge in [-0.2, -0.15) is 0 Å². The van der Waals surface area contributed by atoms with Crippen molar-refractivity contribution in [3.05, 3.63) is 53.7 Å². The Labute approximate surface area is 101 Å². The summed E-state index contributed by atoms with van der Waals surface area (Å²) < 4.78 is 11.0. The van der Waals surface area contributed by atoms with E-state index >= 15 is 0 Å². The van der Waals surface area contributed by atoms with Crippen LogP contribution in [0.25, 0.3) is 0 Å². The molecule has 0 aromatic carbocycles. The molecule has 0 radical (unpaired) electrons. The van der Waals surface area contributed by atoms with E-state index in [4.69, 9.17) is 9.15 Å². The van der Waals surface area contributed by atoms with E-state index < -0.39 is 0 Å². The Bertz CT molecular complexity index is 460. The van der Waals surface area contributed by atoms with Crippen molar-refractivity contribution in [1.29, 1.82) is 0 Å². The molecule has 1 aromatic rings. The quantitative estimate of drug-likeness (QED) is 0.744. The molecule has 3 heteroatoms. The highest BCUT2D eigenvalue weighted by molar-refractivity contribution is 5.36. The van der Waals surface area contributed by atoms with Gasteiger partial charge in [0.1, 0.15) is 11.8 Å². The molecule has 2 aliphatic rings. The lowest BCUT2D eigenvalue weighted by molar-refractivity contribution is 0.0201. The second-order valence-corrected chi connectivity index (χ2v) is 4.19. The summed E-state index contributed by atoms with van der Waals surface area (Å²) in [5.41, 5.74) is 4.45. The molecular weight excluding hydrogens is 214 g/mol. The van der Waals surface area contributed by atoms with Crippen molar-refractivity contribution in [2.45, 2.75) is 6.04 Å². The summed E-state index contributed by atoms with van der Waals surface area (Å²) in [6, 6.07) is 4.14. The van der Waals surface area contributed by atoms with Gasteiger partial charge in [0.2, 0.25) is 0 Å². The SMILES string of the molecule is C1=CC=CC=1C(c1ccco1)N1CCOCC1. The fraction of sp³-hybridized carbons (Fsp3) is 0.357. The van der Waals surface area contributed by atoms with Crippen LogP contribution in [0.4, 0.5) is 0 Å². The molecular formula is C14H15NO2. The lowest BCUT2D eigenvalue weighted by atomic mass is 10.0. The zero-order chi connectivity index (χ0) is 11.5. The molecule has 1 fully saturated rings. The fourth-order valence-corrected chi connectivity index (χ4v) is 2.33. The Kier molecular flexibility index (Phi) is 2.97. The predicted octanol–water partition coefficient (Wildman–Crippen LogP) is 2.30. The molecule has 88 valence electrons. The number of rotatable bonds is 3. The topological polar surface area (TPSA) is 25.6 Å². The van der Waals surface area contributed by atoms with Crippen molar-refractivity contribution in [3.8, 4) is 0 Å². The first-order chi connectivity index (χ1) is 8.45. The predicted molar refractivity (Wildman–Crippen MR) is 64.6 cm³/mol. The number of morpholine rings is 1. The molecule has 3 nitrogen and oxygen atoms in total. The Balaban J connectivity index is 1.90. The lowest BCUT2D eigenvalue weighted by Gasteiger charge is -2.33. The zero-order valence-electron chi connectivity index (χ0n) is 9.63. The maximum Gasteiger partial charge on any atom is 0.126 e. The van der Waals surface area contributed by atoms with E-state index in [1.165, 1.54) is 5.57 Å². The van der Waals surface area contributed by atoms with Crippen molar-refractivity contribution in [3.63, 3.8) is 0 Å². The molecule has 1 atom stereocenters. The fourth-order valence-electron chi connectivity index (χ4n) is 2.33. The highest BCUT2D eigenvalue weighted by Gasteiger charge is 2.27. The van der Waals surface area contributed by atoms with Gasteiger partial charge in [0.15, 0.2) is 0 Å². The van der Waals surface area contributed by atoms with Crippen LogP contribution in [-0.4, -0.2) is 31.2 Å². The molecule has 0 saturated carbocycles. The smallest absolute Gasteiger partial charge is 0.126 e. The van der Waals surface area contributed by atoms with Crippen LogP contribution in [0.1, 0.15) is 11.8 Å². The first-order valence-electron chi connectivity index (χ1n) is 5.93. The van der Waals surface area contributed by atoms with Gasteiger partial charge in [0, 0.05) is 18.7 Å². The van der Waals surface area contributed by atoms with E-state index in [2.05, 4.69) is 16.7 Å². The first kappa shape index (κ1) is 10.6. The standard InChI is InChI=1S/C14H15NO2/c1-2-5-12(4-1)14(13-6-3-9-17-13)15-7-10-16-11-8-15/h1-4,6,9,14H,7-8,10-11H2. The Hall–Kier alpha value is -1.54. The van der Waals surface area contributed by atoms with Crippen LogP contribution < -0.4 is 0 Å². The van der Waals surface area contributed by atoms with E-state index in [9.17, 15) is 0 Å². The van der Waals surface area contributed by atoms with Crippen LogP contribution in [0, 0.1) is 0 Å². The average molecular weight is 229 g/mol. The summed E-state index contributed by atoms with van der Waals surface area (Å²) in [7, 11) is 0. The summed E-state index contributed by atoms with van der Waals surface area (Å²) in [6.07, 6.45) is 7.80. The van der Waals surface area contributed by atoms with Crippen LogP contribution in [0.3, 0.4) is 0 Å². The van der Waals surface area contributed by atoms with Gasteiger partial charge in [-0.25, -0.2) is 0 Å². The van der Waals surface area contributed by atoms with Gasteiger partial charge in [-0.1, -0.05) is 6.08 Å². The van der Waals surface area contributed by atoms with E-state index in [0.717, 1.165) is 32.1 Å². The molecule has 0 N–H and O–H groups in total. The zero-order valence-corrected chi connectivity index (χ0v) is 9.63. The van der Waals surface area contributed by atoms with E-state index in [-0.39, 0.29) is 6.04 Å². The van der Waals surface area contributed by atoms with Crippen LogP contribution in [0.5, 0.6) is 0 Å². The molecule has 2 heterocycles. The van der Waals surface area contributed by atoms with Crippen molar-refractivity contribution < 1.29 is 9.15 Å². The first-order valence-corrected chi connectivity index (χ1v) is 5.93. The number of ether oxygens (including phenoxy) is 1. The third-order valence-corrected chi connectivity index (χ3v) is 3.14. The van der Waals surface area contributed by atoms with Gasteiger partial charge in [0.25, 0.3) is 0 Å². The van der Waals surface area contributed by atoms with Crippen LogP contribution in [0.15, 0.2) is 52.3 Å². The average Bonchev–Trinajstić information content (AvgIpc) is 3.04. The molecule has 0 amide bonds. The summed E-state index contributed by atoms with van der Waals surface area (Å²) in [6.45, 7) is 3.45. The van der Waals surface area contributed by atoms with E-state index in [1.54, 1.807) is 6.26 Å². The number of hydrogen-bond acceptors (Lipinski definition) is 3. The van der Waals surface area contributed by atoms with Gasteiger partial charge < -0.3 is 9.15 Å². The third-order valence-electron chi connectivity index (χ3n) is 3.14. The van der Waals surface area contributed by atoms with Gasteiger partial charge in [-0.3, -0.25) is 4.90 Å². The molecule has 1 aromatic heterocycles. The minimum atomic E-state index is 0.170. The van der Waals surface area contributed by atoms with Crippen molar-refractivity contribution in [2.24, 2.45) is 0 Å². The Morgan fingerprint density at radius 1 is 1.29 bits per heavy atom. The van der Waals surface area contributed by atoms with Crippen molar-refractivity contribution in [2.75, 3.05) is 26.3 Å². The molecule has 1 aliphatic carbocycles. The maximum atomic E-state index is 5.57. The summed E-state index contributed by atoms with van der Waals surface area (Å²) >= 11 is 0. The summed E-state index contributed by atoms with van der Waals surface area (Å²) in [4.78, 5) is 2.38. The molecule has 17 heavy (non-hydrogen) atoms. The minimum absolute atomic E-state index is 0.170. The van der Waals surface area contributed by atoms with Gasteiger partial charge in [-0.05, 0) is 24.3 Å². The third kappa shape index (κ3) is 2.13.